The Morgan fingerprint density at radius 2 is 1.71 bits per heavy atom. The Morgan fingerprint density at radius 3 is 2.39 bits per heavy atom. The van der Waals surface area contributed by atoms with Crippen LogP contribution in [-0.4, -0.2) is 11.1 Å². The van der Waals surface area contributed by atoms with Crippen molar-refractivity contribution in [2.75, 3.05) is 0 Å². The highest BCUT2D eigenvalue weighted by Gasteiger charge is 2.32. The fourth-order valence-electron chi connectivity index (χ4n) is 3.40. The van der Waals surface area contributed by atoms with Gasteiger partial charge in [0.25, 0.3) is 0 Å². The second-order valence-electron chi connectivity index (χ2n) is 6.49. The van der Waals surface area contributed by atoms with Crippen LogP contribution in [0.15, 0.2) is 76.6 Å². The lowest BCUT2D eigenvalue weighted by atomic mass is 9.87. The summed E-state index contributed by atoms with van der Waals surface area (Å²) in [5.74, 6) is 1.61. The second kappa shape index (κ2) is 6.98. The first-order chi connectivity index (χ1) is 13.8. The highest BCUT2D eigenvalue weighted by Crippen LogP contribution is 2.43. The van der Waals surface area contributed by atoms with E-state index in [1.165, 1.54) is 0 Å². The molecule has 0 fully saturated rings. The highest BCUT2D eigenvalue weighted by atomic mass is 32.1. The van der Waals surface area contributed by atoms with Crippen LogP contribution >= 0.6 is 11.3 Å². The molecule has 138 valence electrons. The molecule has 0 atom stereocenters. The number of hydrogen-bond donors (Lipinski definition) is 1. The Kier molecular flexibility index (Phi) is 4.18. The van der Waals surface area contributed by atoms with Crippen LogP contribution in [0.25, 0.3) is 10.6 Å². The maximum atomic E-state index is 13.1. The predicted molar refractivity (Wildman–Crippen MR) is 106 cm³/mol. The molecular formula is C22H16N2O3S. The van der Waals surface area contributed by atoms with Gasteiger partial charge in [0.1, 0.15) is 17.2 Å². The molecule has 0 spiro atoms. The molecule has 5 rings (SSSR count). The molecule has 0 saturated heterocycles. The number of hydrogen-bond acceptors (Lipinski definition) is 5. The molecule has 0 aliphatic carbocycles. The quantitative estimate of drug-likeness (QED) is 0.537. The molecule has 28 heavy (non-hydrogen) atoms. The summed E-state index contributed by atoms with van der Waals surface area (Å²) in [5, 5.41) is 9.05. The van der Waals surface area contributed by atoms with Crippen LogP contribution in [-0.2, 0) is 11.3 Å². The van der Waals surface area contributed by atoms with Gasteiger partial charge < -0.3 is 14.6 Å². The maximum absolute atomic E-state index is 13.1. The number of nitrogens with one attached hydrogen (secondary N) is 1. The molecule has 1 aliphatic heterocycles. The molecule has 0 unspecified atom stereocenters. The zero-order valence-electron chi connectivity index (χ0n) is 14.8. The maximum Gasteiger partial charge on any atom is 0.232 e. The monoisotopic (exact) mass is 388 g/mol. The van der Waals surface area contributed by atoms with E-state index in [1.54, 1.807) is 11.3 Å². The number of ether oxygens (including phenoxy) is 1. The van der Waals surface area contributed by atoms with E-state index in [4.69, 9.17) is 9.26 Å². The number of benzene rings is 2. The van der Waals surface area contributed by atoms with Gasteiger partial charge in [0.2, 0.25) is 5.91 Å². The summed E-state index contributed by atoms with van der Waals surface area (Å²) >= 11 is 1.59. The first-order valence-corrected chi connectivity index (χ1v) is 9.80. The van der Waals surface area contributed by atoms with E-state index < -0.39 is 5.92 Å². The van der Waals surface area contributed by atoms with Gasteiger partial charge in [-0.3, -0.25) is 4.79 Å². The van der Waals surface area contributed by atoms with Crippen molar-refractivity contribution >= 4 is 17.2 Å². The molecule has 4 aromatic rings. The van der Waals surface area contributed by atoms with Gasteiger partial charge in [0, 0.05) is 17.2 Å². The van der Waals surface area contributed by atoms with Crippen molar-refractivity contribution in [3.63, 3.8) is 0 Å². The molecule has 1 aliphatic rings. The van der Waals surface area contributed by atoms with E-state index in [2.05, 4.69) is 10.5 Å². The van der Waals surface area contributed by atoms with E-state index >= 15 is 0 Å². The number of carbonyl (C=O) groups excluding carboxylic acids is 1. The van der Waals surface area contributed by atoms with Gasteiger partial charge in [-0.15, -0.1) is 11.3 Å². The average Bonchev–Trinajstić information content (AvgIpc) is 3.42. The minimum absolute atomic E-state index is 0.0936. The van der Waals surface area contributed by atoms with Gasteiger partial charge in [-0.25, -0.2) is 0 Å². The molecule has 5 nitrogen and oxygen atoms in total. The Balaban J connectivity index is 1.38. The summed E-state index contributed by atoms with van der Waals surface area (Å²) < 4.78 is 11.3. The Morgan fingerprint density at radius 1 is 1.00 bits per heavy atom. The summed E-state index contributed by atoms with van der Waals surface area (Å²) in [7, 11) is 0. The predicted octanol–water partition coefficient (Wildman–Crippen LogP) is 4.96. The van der Waals surface area contributed by atoms with Gasteiger partial charge in [-0.2, -0.15) is 0 Å². The third-order valence-corrected chi connectivity index (χ3v) is 5.59. The van der Waals surface area contributed by atoms with Crippen molar-refractivity contribution in [1.29, 1.82) is 0 Å². The van der Waals surface area contributed by atoms with Crippen LogP contribution in [0, 0.1) is 0 Å². The van der Waals surface area contributed by atoms with Crippen LogP contribution in [0.4, 0.5) is 0 Å². The Labute approximate surface area is 165 Å². The summed E-state index contributed by atoms with van der Waals surface area (Å²) in [6, 6.07) is 21.1. The lowest BCUT2D eigenvalue weighted by Crippen LogP contribution is -2.31. The van der Waals surface area contributed by atoms with Crippen molar-refractivity contribution in [2.45, 2.75) is 12.5 Å². The SMILES string of the molecule is O=C(NCc1cc(-c2cccs2)on1)C1c2ccccc2Oc2ccccc21. The van der Waals surface area contributed by atoms with Crippen molar-refractivity contribution in [3.8, 4) is 22.1 Å². The van der Waals surface area contributed by atoms with Crippen LogP contribution in [0.2, 0.25) is 0 Å². The number of aromatic nitrogens is 1. The zero-order valence-corrected chi connectivity index (χ0v) is 15.6. The number of rotatable bonds is 4. The normalized spacial score (nSPS) is 12.7. The largest absolute Gasteiger partial charge is 0.457 e. The Bertz CT molecular complexity index is 1090. The van der Waals surface area contributed by atoms with Crippen molar-refractivity contribution < 1.29 is 14.1 Å². The number of amides is 1. The standard InChI is InChI=1S/C22H16N2O3S/c25-22(23-13-14-12-19(27-24-14)20-10-5-11-28-20)21-15-6-1-3-8-17(15)26-18-9-4-2-7-16(18)21/h1-12,21H,13H2,(H,23,25). The van der Waals surface area contributed by atoms with Gasteiger partial charge in [-0.1, -0.05) is 47.6 Å². The third kappa shape index (κ3) is 2.97. The molecule has 2 aromatic heterocycles. The lowest BCUT2D eigenvalue weighted by Gasteiger charge is -2.27. The Hall–Kier alpha value is -3.38. The van der Waals surface area contributed by atoms with Crippen LogP contribution < -0.4 is 10.1 Å². The molecule has 1 N–H and O–H groups in total. The first kappa shape index (κ1) is 16.8. The lowest BCUT2D eigenvalue weighted by molar-refractivity contribution is -0.122. The molecule has 1 amide bonds. The van der Waals surface area contributed by atoms with Gasteiger partial charge in [-0.05, 0) is 23.6 Å². The number of fused-ring (bicyclic) bond motifs is 2. The first-order valence-electron chi connectivity index (χ1n) is 8.92. The smallest absolute Gasteiger partial charge is 0.232 e. The van der Waals surface area contributed by atoms with Crippen LogP contribution in [0.1, 0.15) is 22.7 Å². The van der Waals surface area contributed by atoms with E-state index in [9.17, 15) is 4.79 Å². The zero-order chi connectivity index (χ0) is 18.9. The molecule has 3 heterocycles. The number of thiophene rings is 1. The summed E-state index contributed by atoms with van der Waals surface area (Å²) in [4.78, 5) is 14.1. The van der Waals surface area contributed by atoms with Crippen molar-refractivity contribution in [2.24, 2.45) is 0 Å². The van der Waals surface area contributed by atoms with E-state index in [0.717, 1.165) is 16.0 Å². The third-order valence-electron chi connectivity index (χ3n) is 4.71. The summed E-state index contributed by atoms with van der Waals surface area (Å²) in [6.07, 6.45) is 0. The summed E-state index contributed by atoms with van der Waals surface area (Å²) in [6.45, 7) is 0.301. The molecular weight excluding hydrogens is 372 g/mol. The number of para-hydroxylation sites is 2. The van der Waals surface area contributed by atoms with Crippen molar-refractivity contribution in [1.82, 2.24) is 10.5 Å². The average molecular weight is 388 g/mol. The summed E-state index contributed by atoms with van der Waals surface area (Å²) in [5.41, 5.74) is 2.40. The van der Waals surface area contributed by atoms with Gasteiger partial charge in [0.05, 0.1) is 17.3 Å². The van der Waals surface area contributed by atoms with Crippen LogP contribution in [0.3, 0.4) is 0 Å². The van der Waals surface area contributed by atoms with E-state index in [0.29, 0.717) is 29.5 Å². The number of nitrogens with zero attached hydrogens (tertiary/aromatic N) is 1. The molecule has 0 saturated carbocycles. The number of carbonyl (C=O) groups is 1. The van der Waals surface area contributed by atoms with Crippen molar-refractivity contribution in [3.05, 3.63) is 88.9 Å². The molecule has 2 aromatic carbocycles. The van der Waals surface area contributed by atoms with E-state index in [1.807, 2.05) is 72.1 Å². The fraction of sp³-hybridized carbons (Fsp3) is 0.0909. The highest BCUT2D eigenvalue weighted by molar-refractivity contribution is 7.13. The van der Waals surface area contributed by atoms with Crippen LogP contribution in [0.5, 0.6) is 11.5 Å². The molecule has 0 radical (unpaired) electrons. The molecule has 0 bridgehead atoms. The fourth-order valence-corrected chi connectivity index (χ4v) is 4.08. The molecule has 6 heteroatoms. The second-order valence-corrected chi connectivity index (χ2v) is 7.44. The van der Waals surface area contributed by atoms with Gasteiger partial charge >= 0.3 is 0 Å². The minimum Gasteiger partial charge on any atom is -0.457 e. The minimum atomic E-state index is -0.426. The topological polar surface area (TPSA) is 64.4 Å². The van der Waals surface area contributed by atoms with E-state index in [-0.39, 0.29) is 5.91 Å². The van der Waals surface area contributed by atoms with Gasteiger partial charge in [0.15, 0.2) is 5.76 Å².